The summed E-state index contributed by atoms with van der Waals surface area (Å²) in [6, 6.07) is 2.17. The fourth-order valence-corrected chi connectivity index (χ4v) is 3.87. The van der Waals surface area contributed by atoms with Crippen molar-refractivity contribution in [2.24, 2.45) is 0 Å². The van der Waals surface area contributed by atoms with Crippen LogP contribution in [0.3, 0.4) is 0 Å². The van der Waals surface area contributed by atoms with E-state index in [4.69, 9.17) is 11.6 Å². The zero-order chi connectivity index (χ0) is 14.3. The molecule has 4 nitrogen and oxygen atoms in total. The summed E-state index contributed by atoms with van der Waals surface area (Å²) < 4.78 is 0. The number of aromatic nitrogens is 3. The van der Waals surface area contributed by atoms with E-state index in [1.807, 2.05) is 12.3 Å². The van der Waals surface area contributed by atoms with E-state index in [0.29, 0.717) is 0 Å². The van der Waals surface area contributed by atoms with Gasteiger partial charge < -0.3 is 5.32 Å². The fraction of sp³-hybridized carbons (Fsp3) is 0.308. The summed E-state index contributed by atoms with van der Waals surface area (Å²) in [5.41, 5.74) is 1.04. The maximum absolute atomic E-state index is 6.00. The van der Waals surface area contributed by atoms with Crippen LogP contribution in [-0.4, -0.2) is 15.0 Å². The molecule has 0 saturated carbocycles. The molecule has 0 bridgehead atoms. The number of thiazole rings is 1. The highest BCUT2D eigenvalue weighted by Gasteiger charge is 2.14. The smallest absolute Gasteiger partial charge is 0.225 e. The van der Waals surface area contributed by atoms with Crippen molar-refractivity contribution >= 4 is 50.3 Å². The lowest BCUT2D eigenvalue weighted by Crippen LogP contribution is -2.08. The predicted octanol–water partition coefficient (Wildman–Crippen LogP) is 4.59. The summed E-state index contributed by atoms with van der Waals surface area (Å²) in [5, 5.41) is 7.75. The molecule has 0 amide bonds. The zero-order valence-electron chi connectivity index (χ0n) is 11.3. The number of rotatable bonds is 3. The average molecular weight is 325 g/mol. The van der Waals surface area contributed by atoms with Gasteiger partial charge in [-0.25, -0.2) is 15.0 Å². The molecule has 0 aromatic carbocycles. The second-order valence-corrected chi connectivity index (χ2v) is 7.07. The molecule has 3 aromatic rings. The van der Waals surface area contributed by atoms with Gasteiger partial charge in [0, 0.05) is 16.0 Å². The van der Waals surface area contributed by atoms with E-state index in [1.54, 1.807) is 22.7 Å². The van der Waals surface area contributed by atoms with Crippen molar-refractivity contribution in [3.8, 4) is 0 Å². The Kier molecular flexibility index (Phi) is 3.62. The first kappa shape index (κ1) is 13.7. The van der Waals surface area contributed by atoms with Crippen molar-refractivity contribution < 1.29 is 0 Å². The Labute approximate surface area is 129 Å². The normalized spacial score (nSPS) is 12.8. The number of anilines is 1. The predicted molar refractivity (Wildman–Crippen MR) is 86.1 cm³/mol. The maximum Gasteiger partial charge on any atom is 0.225 e. The molecule has 0 saturated heterocycles. The molecule has 3 heterocycles. The van der Waals surface area contributed by atoms with Gasteiger partial charge in [0.05, 0.1) is 11.4 Å². The Hall–Kier alpha value is -1.24. The SMILES string of the molecule is Cc1csc(C(C)Nc2nc(Cl)nc3sc(C)cc23)n1. The van der Waals surface area contributed by atoms with Crippen molar-refractivity contribution in [1.29, 1.82) is 0 Å². The van der Waals surface area contributed by atoms with Gasteiger partial charge in [-0.15, -0.1) is 22.7 Å². The Morgan fingerprint density at radius 2 is 2.05 bits per heavy atom. The van der Waals surface area contributed by atoms with E-state index in [0.717, 1.165) is 26.7 Å². The molecule has 0 aliphatic rings. The number of nitrogens with one attached hydrogen (secondary N) is 1. The number of halogens is 1. The van der Waals surface area contributed by atoms with Crippen LogP contribution in [-0.2, 0) is 0 Å². The maximum atomic E-state index is 6.00. The molecule has 1 N–H and O–H groups in total. The van der Waals surface area contributed by atoms with Crippen LogP contribution in [0.2, 0.25) is 5.28 Å². The van der Waals surface area contributed by atoms with Crippen molar-refractivity contribution in [1.82, 2.24) is 15.0 Å². The van der Waals surface area contributed by atoms with Gasteiger partial charge in [0.1, 0.15) is 15.7 Å². The topological polar surface area (TPSA) is 50.7 Å². The molecule has 104 valence electrons. The van der Waals surface area contributed by atoms with E-state index in [-0.39, 0.29) is 11.3 Å². The molecular weight excluding hydrogens is 312 g/mol. The number of fused-ring (bicyclic) bond motifs is 1. The van der Waals surface area contributed by atoms with Gasteiger partial charge in [-0.1, -0.05) is 0 Å². The zero-order valence-corrected chi connectivity index (χ0v) is 13.7. The highest BCUT2D eigenvalue weighted by molar-refractivity contribution is 7.18. The van der Waals surface area contributed by atoms with Gasteiger partial charge in [-0.05, 0) is 38.4 Å². The number of hydrogen-bond donors (Lipinski definition) is 1. The minimum absolute atomic E-state index is 0.0862. The van der Waals surface area contributed by atoms with E-state index in [1.165, 1.54) is 4.88 Å². The van der Waals surface area contributed by atoms with Gasteiger partial charge in [0.15, 0.2) is 0 Å². The minimum Gasteiger partial charge on any atom is -0.360 e. The van der Waals surface area contributed by atoms with Gasteiger partial charge >= 0.3 is 0 Å². The molecular formula is C13H13ClN4S2. The lowest BCUT2D eigenvalue weighted by atomic mass is 10.3. The highest BCUT2D eigenvalue weighted by atomic mass is 35.5. The Morgan fingerprint density at radius 1 is 1.25 bits per heavy atom. The summed E-state index contributed by atoms with van der Waals surface area (Å²) in [5.74, 6) is 0.768. The number of hydrogen-bond acceptors (Lipinski definition) is 6. The molecule has 3 aromatic heterocycles. The van der Waals surface area contributed by atoms with Crippen LogP contribution in [0.4, 0.5) is 5.82 Å². The summed E-state index contributed by atoms with van der Waals surface area (Å²) in [6.45, 7) is 6.12. The van der Waals surface area contributed by atoms with Crippen molar-refractivity contribution in [3.63, 3.8) is 0 Å². The first-order valence-corrected chi connectivity index (χ1v) is 8.22. The third-order valence-corrected chi connectivity index (χ3v) is 5.11. The minimum atomic E-state index is 0.0862. The molecule has 0 radical (unpaired) electrons. The van der Waals surface area contributed by atoms with E-state index in [2.05, 4.69) is 40.2 Å². The lowest BCUT2D eigenvalue weighted by molar-refractivity contribution is 0.857. The molecule has 3 rings (SSSR count). The average Bonchev–Trinajstić information content (AvgIpc) is 2.94. The van der Waals surface area contributed by atoms with E-state index in [9.17, 15) is 0 Å². The van der Waals surface area contributed by atoms with Crippen LogP contribution in [0.15, 0.2) is 11.4 Å². The standard InChI is InChI=1S/C13H13ClN4S2/c1-6-5-19-11(15-6)8(3)16-10-9-4-7(2)20-12(9)18-13(14)17-10/h4-5,8H,1-3H3,(H,16,17,18). The molecule has 0 fully saturated rings. The lowest BCUT2D eigenvalue weighted by Gasteiger charge is -2.12. The summed E-state index contributed by atoms with van der Waals surface area (Å²) in [4.78, 5) is 15.2. The summed E-state index contributed by atoms with van der Waals surface area (Å²) in [7, 11) is 0. The molecule has 1 atom stereocenters. The van der Waals surface area contributed by atoms with Crippen molar-refractivity contribution in [3.05, 3.63) is 32.3 Å². The third-order valence-electron chi connectivity index (χ3n) is 2.85. The van der Waals surface area contributed by atoms with Crippen LogP contribution >= 0.6 is 34.3 Å². The van der Waals surface area contributed by atoms with Gasteiger partial charge in [0.25, 0.3) is 0 Å². The number of thiophene rings is 1. The fourth-order valence-electron chi connectivity index (χ4n) is 1.96. The van der Waals surface area contributed by atoms with Crippen LogP contribution in [0.25, 0.3) is 10.2 Å². The highest BCUT2D eigenvalue weighted by Crippen LogP contribution is 2.31. The van der Waals surface area contributed by atoms with Crippen LogP contribution in [0, 0.1) is 13.8 Å². The van der Waals surface area contributed by atoms with Gasteiger partial charge in [-0.2, -0.15) is 0 Å². The summed E-state index contributed by atoms with van der Waals surface area (Å²) in [6.07, 6.45) is 0. The molecule has 7 heteroatoms. The number of aryl methyl sites for hydroxylation is 2. The van der Waals surface area contributed by atoms with Crippen LogP contribution in [0.1, 0.15) is 28.5 Å². The molecule has 20 heavy (non-hydrogen) atoms. The first-order chi connectivity index (χ1) is 9.52. The van der Waals surface area contributed by atoms with Crippen LogP contribution in [0.5, 0.6) is 0 Å². The first-order valence-electron chi connectivity index (χ1n) is 6.15. The number of nitrogens with zero attached hydrogens (tertiary/aromatic N) is 3. The quantitative estimate of drug-likeness (QED) is 0.716. The Balaban J connectivity index is 1.97. The largest absolute Gasteiger partial charge is 0.360 e. The monoisotopic (exact) mass is 324 g/mol. The molecule has 0 aliphatic carbocycles. The second-order valence-electron chi connectivity index (χ2n) is 4.61. The van der Waals surface area contributed by atoms with Crippen LogP contribution < -0.4 is 5.32 Å². The van der Waals surface area contributed by atoms with Gasteiger partial charge in [-0.3, -0.25) is 0 Å². The summed E-state index contributed by atoms with van der Waals surface area (Å²) >= 11 is 9.26. The van der Waals surface area contributed by atoms with Gasteiger partial charge in [0.2, 0.25) is 5.28 Å². The Bertz CT molecular complexity index is 765. The second kappa shape index (κ2) is 5.27. The van der Waals surface area contributed by atoms with Crippen molar-refractivity contribution in [2.75, 3.05) is 5.32 Å². The Morgan fingerprint density at radius 3 is 2.75 bits per heavy atom. The van der Waals surface area contributed by atoms with E-state index < -0.39 is 0 Å². The van der Waals surface area contributed by atoms with E-state index >= 15 is 0 Å². The molecule has 0 aliphatic heterocycles. The van der Waals surface area contributed by atoms with Crippen molar-refractivity contribution in [2.45, 2.75) is 26.8 Å². The molecule has 0 spiro atoms. The molecule has 1 unspecified atom stereocenters. The third kappa shape index (κ3) is 2.63.